The highest BCUT2D eigenvalue weighted by Gasteiger charge is 2.06. The zero-order valence-corrected chi connectivity index (χ0v) is 8.60. The van der Waals surface area contributed by atoms with Crippen LogP contribution in [0.3, 0.4) is 0 Å². The number of pyridine rings is 2. The molecule has 0 N–H and O–H groups in total. The van der Waals surface area contributed by atoms with Crippen LogP contribution in [0.4, 0.5) is 4.39 Å². The van der Waals surface area contributed by atoms with Crippen molar-refractivity contribution >= 4 is 38.4 Å². The van der Waals surface area contributed by atoms with Crippen molar-refractivity contribution in [1.29, 1.82) is 0 Å². The standard InChI is InChI=1S/C8H3BrClFN2/c9-6-3-13-8(10)7-5(6)1-4(11)2-12-7/h1-3H. The molecule has 2 rings (SSSR count). The van der Waals surface area contributed by atoms with Crippen molar-refractivity contribution in [3.05, 3.63) is 33.9 Å². The zero-order valence-electron chi connectivity index (χ0n) is 6.26. The molecule has 0 aliphatic rings. The summed E-state index contributed by atoms with van der Waals surface area (Å²) < 4.78 is 13.5. The van der Waals surface area contributed by atoms with Gasteiger partial charge in [-0.1, -0.05) is 11.6 Å². The Bertz CT molecular complexity index is 475. The van der Waals surface area contributed by atoms with E-state index in [1.54, 1.807) is 0 Å². The fourth-order valence-corrected chi connectivity index (χ4v) is 1.63. The van der Waals surface area contributed by atoms with Gasteiger partial charge in [0.2, 0.25) is 0 Å². The monoisotopic (exact) mass is 260 g/mol. The average Bonchev–Trinajstić information content (AvgIpc) is 2.12. The van der Waals surface area contributed by atoms with Crippen LogP contribution >= 0.6 is 27.5 Å². The van der Waals surface area contributed by atoms with Crippen LogP contribution in [0.15, 0.2) is 22.9 Å². The second kappa shape index (κ2) is 3.20. The smallest absolute Gasteiger partial charge is 0.155 e. The number of aromatic nitrogens is 2. The number of rotatable bonds is 0. The molecule has 0 spiro atoms. The van der Waals surface area contributed by atoms with Crippen LogP contribution in [0.1, 0.15) is 0 Å². The van der Waals surface area contributed by atoms with Gasteiger partial charge in [-0.25, -0.2) is 14.4 Å². The van der Waals surface area contributed by atoms with Crippen molar-refractivity contribution in [2.75, 3.05) is 0 Å². The Morgan fingerprint density at radius 3 is 2.85 bits per heavy atom. The predicted molar refractivity (Wildman–Crippen MR) is 52.2 cm³/mol. The van der Waals surface area contributed by atoms with Gasteiger partial charge >= 0.3 is 0 Å². The third kappa shape index (κ3) is 1.51. The first kappa shape index (κ1) is 8.84. The number of fused-ring (bicyclic) bond motifs is 1. The highest BCUT2D eigenvalue weighted by molar-refractivity contribution is 9.10. The molecular formula is C8H3BrClFN2. The van der Waals surface area contributed by atoms with Crippen molar-refractivity contribution in [3.63, 3.8) is 0 Å². The zero-order chi connectivity index (χ0) is 9.42. The van der Waals surface area contributed by atoms with E-state index in [0.29, 0.717) is 15.4 Å². The van der Waals surface area contributed by atoms with Crippen LogP contribution in [0.2, 0.25) is 5.15 Å². The second-order valence-corrected chi connectivity index (χ2v) is 3.66. The minimum atomic E-state index is -0.393. The van der Waals surface area contributed by atoms with Gasteiger partial charge in [0.25, 0.3) is 0 Å². The molecule has 0 amide bonds. The summed E-state index contributed by atoms with van der Waals surface area (Å²) in [5, 5.41) is 0.901. The molecule has 2 aromatic rings. The maximum absolute atomic E-state index is 12.8. The van der Waals surface area contributed by atoms with E-state index in [-0.39, 0.29) is 5.15 Å². The van der Waals surface area contributed by atoms with Gasteiger partial charge in [0.15, 0.2) is 5.15 Å². The fourth-order valence-electron chi connectivity index (χ4n) is 1.03. The summed E-state index contributed by atoms with van der Waals surface area (Å²) >= 11 is 9.00. The van der Waals surface area contributed by atoms with E-state index in [1.165, 1.54) is 12.3 Å². The van der Waals surface area contributed by atoms with Gasteiger partial charge < -0.3 is 0 Å². The Kier molecular flexibility index (Phi) is 2.17. The lowest BCUT2D eigenvalue weighted by Gasteiger charge is -2.00. The van der Waals surface area contributed by atoms with E-state index in [2.05, 4.69) is 25.9 Å². The topological polar surface area (TPSA) is 25.8 Å². The van der Waals surface area contributed by atoms with Gasteiger partial charge in [-0.3, -0.25) is 0 Å². The van der Waals surface area contributed by atoms with Gasteiger partial charge in [-0.15, -0.1) is 0 Å². The fraction of sp³-hybridized carbons (Fsp3) is 0. The Labute approximate surface area is 86.9 Å². The largest absolute Gasteiger partial charge is 0.250 e. The predicted octanol–water partition coefficient (Wildman–Crippen LogP) is 3.18. The van der Waals surface area contributed by atoms with Crippen LogP contribution in [-0.2, 0) is 0 Å². The molecule has 13 heavy (non-hydrogen) atoms. The number of nitrogens with zero attached hydrogens (tertiary/aromatic N) is 2. The first-order chi connectivity index (χ1) is 6.18. The highest BCUT2D eigenvalue weighted by Crippen LogP contribution is 2.26. The maximum atomic E-state index is 12.8. The first-order valence-corrected chi connectivity index (χ1v) is 4.61. The molecule has 2 aromatic heterocycles. The molecule has 2 nitrogen and oxygen atoms in total. The quantitative estimate of drug-likeness (QED) is 0.681. The maximum Gasteiger partial charge on any atom is 0.155 e. The van der Waals surface area contributed by atoms with Crippen LogP contribution in [0.25, 0.3) is 10.9 Å². The Morgan fingerprint density at radius 2 is 2.08 bits per heavy atom. The summed E-state index contributed by atoms with van der Waals surface area (Å²) in [4.78, 5) is 7.71. The molecule has 0 saturated carbocycles. The molecule has 66 valence electrons. The Balaban J connectivity index is 2.92. The third-order valence-electron chi connectivity index (χ3n) is 1.60. The molecule has 0 aliphatic heterocycles. The molecule has 5 heteroatoms. The second-order valence-electron chi connectivity index (χ2n) is 2.45. The van der Waals surface area contributed by atoms with E-state index >= 15 is 0 Å². The van der Waals surface area contributed by atoms with Gasteiger partial charge in [0.05, 0.1) is 6.20 Å². The van der Waals surface area contributed by atoms with E-state index in [0.717, 1.165) is 6.20 Å². The Morgan fingerprint density at radius 1 is 1.31 bits per heavy atom. The van der Waals surface area contributed by atoms with Crippen molar-refractivity contribution in [1.82, 2.24) is 9.97 Å². The molecule has 2 heterocycles. The molecule has 0 fully saturated rings. The lowest BCUT2D eigenvalue weighted by atomic mass is 10.3. The average molecular weight is 261 g/mol. The van der Waals surface area contributed by atoms with E-state index in [1.807, 2.05) is 0 Å². The van der Waals surface area contributed by atoms with Crippen LogP contribution < -0.4 is 0 Å². The number of hydrogen-bond acceptors (Lipinski definition) is 2. The van der Waals surface area contributed by atoms with Crippen molar-refractivity contribution < 1.29 is 4.39 Å². The first-order valence-electron chi connectivity index (χ1n) is 3.44. The lowest BCUT2D eigenvalue weighted by Crippen LogP contribution is -1.86. The van der Waals surface area contributed by atoms with Crippen molar-refractivity contribution in [2.45, 2.75) is 0 Å². The van der Waals surface area contributed by atoms with Crippen LogP contribution in [0, 0.1) is 5.82 Å². The van der Waals surface area contributed by atoms with Gasteiger partial charge in [0.1, 0.15) is 11.3 Å². The van der Waals surface area contributed by atoms with Crippen LogP contribution in [0.5, 0.6) is 0 Å². The summed E-state index contributed by atoms with van der Waals surface area (Å²) in [6, 6.07) is 1.36. The minimum Gasteiger partial charge on any atom is -0.250 e. The summed E-state index contributed by atoms with van der Waals surface area (Å²) in [7, 11) is 0. The summed E-state index contributed by atoms with van der Waals surface area (Å²) in [5.41, 5.74) is 0.498. The molecule has 0 saturated heterocycles. The SMILES string of the molecule is Fc1cnc2c(Cl)ncc(Br)c2c1. The van der Waals surface area contributed by atoms with Crippen molar-refractivity contribution in [2.24, 2.45) is 0 Å². The van der Waals surface area contributed by atoms with Crippen molar-refractivity contribution in [3.8, 4) is 0 Å². The highest BCUT2D eigenvalue weighted by atomic mass is 79.9. The van der Waals surface area contributed by atoms with Crippen LogP contribution in [-0.4, -0.2) is 9.97 Å². The molecule has 0 atom stereocenters. The van der Waals surface area contributed by atoms with Gasteiger partial charge in [0, 0.05) is 16.1 Å². The molecule has 0 radical (unpaired) electrons. The van der Waals surface area contributed by atoms with E-state index in [9.17, 15) is 4.39 Å². The summed E-state index contributed by atoms with van der Waals surface area (Å²) in [6.07, 6.45) is 2.63. The van der Waals surface area contributed by atoms with E-state index < -0.39 is 5.82 Å². The minimum absolute atomic E-state index is 0.276. The summed E-state index contributed by atoms with van der Waals surface area (Å²) in [5.74, 6) is -0.393. The van der Waals surface area contributed by atoms with E-state index in [4.69, 9.17) is 11.6 Å². The summed E-state index contributed by atoms with van der Waals surface area (Å²) in [6.45, 7) is 0. The molecule has 0 aliphatic carbocycles. The number of halogens is 3. The normalized spacial score (nSPS) is 10.7. The molecule has 0 unspecified atom stereocenters. The van der Waals surface area contributed by atoms with Gasteiger partial charge in [-0.05, 0) is 22.0 Å². The third-order valence-corrected chi connectivity index (χ3v) is 2.51. The molecular weight excluding hydrogens is 258 g/mol. The molecule has 0 aromatic carbocycles. The molecule has 0 bridgehead atoms. The van der Waals surface area contributed by atoms with Gasteiger partial charge in [-0.2, -0.15) is 0 Å². The number of hydrogen-bond donors (Lipinski definition) is 0. The Hall–Kier alpha value is -0.740. The lowest BCUT2D eigenvalue weighted by molar-refractivity contribution is 0.624.